The fourth-order valence-electron chi connectivity index (χ4n) is 2.97. The number of nitrogens with one attached hydrogen (secondary N) is 2. The number of hydrogen-bond donors (Lipinski definition) is 2. The van der Waals surface area contributed by atoms with E-state index in [1.165, 1.54) is 12.1 Å². The van der Waals surface area contributed by atoms with Crippen LogP contribution in [0.4, 0.5) is 11.4 Å². The molecule has 2 amide bonds. The minimum Gasteiger partial charge on any atom is -0.490 e. The van der Waals surface area contributed by atoms with E-state index in [4.69, 9.17) is 21.1 Å². The van der Waals surface area contributed by atoms with E-state index in [0.717, 1.165) is 0 Å². The lowest BCUT2D eigenvalue weighted by Crippen LogP contribution is -2.20. The first-order valence-corrected chi connectivity index (χ1v) is 10.8. The Balaban J connectivity index is 1.77. The minimum atomic E-state index is -0.555. The summed E-state index contributed by atoms with van der Waals surface area (Å²) in [6.07, 6.45) is 1.40. The van der Waals surface area contributed by atoms with Gasteiger partial charge in [-0.05, 0) is 55.0 Å². The van der Waals surface area contributed by atoms with Gasteiger partial charge in [-0.2, -0.15) is 5.26 Å². The molecule has 8 heteroatoms. The van der Waals surface area contributed by atoms with E-state index in [9.17, 15) is 14.9 Å². The molecule has 3 aromatic rings. The van der Waals surface area contributed by atoms with E-state index < -0.39 is 5.91 Å². The molecule has 2 N–H and O–H groups in total. The second-order valence-electron chi connectivity index (χ2n) is 6.96. The van der Waals surface area contributed by atoms with Crippen molar-refractivity contribution in [2.45, 2.75) is 6.92 Å². The summed E-state index contributed by atoms with van der Waals surface area (Å²) in [5, 5.41) is 15.0. The van der Waals surface area contributed by atoms with Gasteiger partial charge in [-0.1, -0.05) is 48.0 Å². The maximum atomic E-state index is 12.5. The molecular formula is C26H22ClN3O4. The smallest absolute Gasteiger partial charge is 0.266 e. The van der Waals surface area contributed by atoms with Crippen LogP contribution in [0.1, 0.15) is 12.5 Å². The summed E-state index contributed by atoms with van der Waals surface area (Å²) in [5.41, 5.74) is 1.57. The quantitative estimate of drug-likeness (QED) is 0.323. The first-order valence-electron chi connectivity index (χ1n) is 10.4. The summed E-state index contributed by atoms with van der Waals surface area (Å²) >= 11 is 6.40. The standard InChI is InChI=1S/C26H22ClN3O4/c1-2-33-23-15-18(13-19(16-28)26(32)30-21-11-7-4-8-12-21)14-22(27)25(23)34-17-24(31)29-20-9-5-3-6-10-20/h3-15H,2,17H2,1H3,(H,29,31)(H,30,32)/b19-13+. The van der Waals surface area contributed by atoms with Gasteiger partial charge in [-0.3, -0.25) is 9.59 Å². The summed E-state index contributed by atoms with van der Waals surface area (Å²) in [6.45, 7) is 1.82. The third-order valence-corrected chi connectivity index (χ3v) is 4.73. The van der Waals surface area contributed by atoms with E-state index in [1.807, 2.05) is 30.3 Å². The maximum Gasteiger partial charge on any atom is 0.266 e. The van der Waals surface area contributed by atoms with E-state index in [2.05, 4.69) is 10.6 Å². The molecule has 34 heavy (non-hydrogen) atoms. The molecule has 0 aliphatic carbocycles. The molecule has 0 aliphatic rings. The van der Waals surface area contributed by atoms with Gasteiger partial charge in [0.2, 0.25) is 0 Å². The van der Waals surface area contributed by atoms with Gasteiger partial charge in [0.15, 0.2) is 18.1 Å². The molecule has 0 aliphatic heterocycles. The fraction of sp³-hybridized carbons (Fsp3) is 0.115. The highest BCUT2D eigenvalue weighted by atomic mass is 35.5. The SMILES string of the molecule is CCOc1cc(/C=C(\C#N)C(=O)Nc2ccccc2)cc(Cl)c1OCC(=O)Nc1ccccc1. The third kappa shape index (κ3) is 6.86. The number of carbonyl (C=O) groups is 2. The zero-order valence-corrected chi connectivity index (χ0v) is 19.1. The minimum absolute atomic E-state index is 0.113. The lowest BCUT2D eigenvalue weighted by molar-refractivity contribution is -0.118. The molecule has 0 saturated carbocycles. The molecule has 0 radical (unpaired) electrons. The van der Waals surface area contributed by atoms with Crippen LogP contribution in [0.25, 0.3) is 6.08 Å². The Morgan fingerprint density at radius 1 is 0.971 bits per heavy atom. The fourth-order valence-corrected chi connectivity index (χ4v) is 3.24. The number of anilines is 2. The van der Waals surface area contributed by atoms with Crippen LogP contribution in [0.5, 0.6) is 11.5 Å². The average Bonchev–Trinajstić information content (AvgIpc) is 2.83. The average molecular weight is 476 g/mol. The zero-order chi connectivity index (χ0) is 24.3. The normalized spacial score (nSPS) is 10.7. The summed E-state index contributed by atoms with van der Waals surface area (Å²) in [4.78, 5) is 24.7. The monoisotopic (exact) mass is 475 g/mol. The summed E-state index contributed by atoms with van der Waals surface area (Å²) in [7, 11) is 0. The molecule has 3 rings (SSSR count). The van der Waals surface area contributed by atoms with Gasteiger partial charge in [0, 0.05) is 11.4 Å². The number of para-hydroxylation sites is 2. The summed E-state index contributed by atoms with van der Waals surface area (Å²) in [5.74, 6) is -0.440. The first-order chi connectivity index (χ1) is 16.5. The van der Waals surface area contributed by atoms with E-state index >= 15 is 0 Å². The first kappa shape index (κ1) is 24.4. The highest BCUT2D eigenvalue weighted by Gasteiger charge is 2.16. The Labute approximate surface area is 202 Å². The number of rotatable bonds is 9. The van der Waals surface area contributed by atoms with Crippen LogP contribution >= 0.6 is 11.6 Å². The second-order valence-corrected chi connectivity index (χ2v) is 7.36. The molecule has 0 aromatic heterocycles. The van der Waals surface area contributed by atoms with Crippen LogP contribution < -0.4 is 20.1 Å². The topological polar surface area (TPSA) is 100 Å². The van der Waals surface area contributed by atoms with Gasteiger partial charge in [0.1, 0.15) is 11.6 Å². The van der Waals surface area contributed by atoms with E-state index in [-0.39, 0.29) is 34.6 Å². The van der Waals surface area contributed by atoms with Crippen LogP contribution in [0.2, 0.25) is 5.02 Å². The van der Waals surface area contributed by atoms with Crippen LogP contribution in [-0.2, 0) is 9.59 Å². The van der Waals surface area contributed by atoms with Crippen LogP contribution in [0.3, 0.4) is 0 Å². The number of hydrogen-bond acceptors (Lipinski definition) is 5. The van der Waals surface area contributed by atoms with Crippen molar-refractivity contribution in [3.63, 3.8) is 0 Å². The number of nitrogens with zero attached hydrogens (tertiary/aromatic N) is 1. The Morgan fingerprint density at radius 3 is 2.18 bits per heavy atom. The molecule has 0 spiro atoms. The number of benzene rings is 3. The molecular weight excluding hydrogens is 454 g/mol. The van der Waals surface area contributed by atoms with Gasteiger partial charge in [-0.25, -0.2) is 0 Å². The van der Waals surface area contributed by atoms with Crippen molar-refractivity contribution < 1.29 is 19.1 Å². The lowest BCUT2D eigenvalue weighted by Gasteiger charge is -2.14. The van der Waals surface area contributed by atoms with Crippen LogP contribution in [-0.4, -0.2) is 25.0 Å². The van der Waals surface area contributed by atoms with Crippen LogP contribution in [0.15, 0.2) is 78.4 Å². The van der Waals surface area contributed by atoms with Crippen molar-refractivity contribution in [2.24, 2.45) is 0 Å². The van der Waals surface area contributed by atoms with Gasteiger partial charge < -0.3 is 20.1 Å². The molecule has 0 bridgehead atoms. The Hall–Kier alpha value is -4.28. The predicted octanol–water partition coefficient (Wildman–Crippen LogP) is 5.30. The van der Waals surface area contributed by atoms with Gasteiger partial charge >= 0.3 is 0 Å². The van der Waals surface area contributed by atoms with Crippen LogP contribution in [0, 0.1) is 11.3 Å². The largest absolute Gasteiger partial charge is 0.490 e. The Morgan fingerprint density at radius 2 is 1.59 bits per heavy atom. The highest BCUT2D eigenvalue weighted by molar-refractivity contribution is 6.32. The zero-order valence-electron chi connectivity index (χ0n) is 18.4. The molecule has 0 heterocycles. The Kier molecular flexibility index (Phi) is 8.67. The lowest BCUT2D eigenvalue weighted by atomic mass is 10.1. The number of halogens is 1. The van der Waals surface area contributed by atoms with Crippen molar-refractivity contribution in [1.82, 2.24) is 0 Å². The van der Waals surface area contributed by atoms with Crippen molar-refractivity contribution in [3.05, 3.63) is 89.0 Å². The Bertz CT molecular complexity index is 1220. The van der Waals surface area contributed by atoms with Crippen molar-refractivity contribution in [1.29, 1.82) is 5.26 Å². The second kappa shape index (κ2) is 12.1. The molecule has 7 nitrogen and oxygen atoms in total. The van der Waals surface area contributed by atoms with Crippen molar-refractivity contribution in [3.8, 4) is 17.6 Å². The summed E-state index contributed by atoms with van der Waals surface area (Å²) in [6, 6.07) is 22.8. The van der Waals surface area contributed by atoms with Gasteiger partial charge in [-0.15, -0.1) is 0 Å². The number of amides is 2. The van der Waals surface area contributed by atoms with Gasteiger partial charge in [0.05, 0.1) is 11.6 Å². The summed E-state index contributed by atoms with van der Waals surface area (Å²) < 4.78 is 11.3. The molecule has 3 aromatic carbocycles. The molecule has 0 unspecified atom stereocenters. The predicted molar refractivity (Wildman–Crippen MR) is 132 cm³/mol. The number of ether oxygens (including phenoxy) is 2. The van der Waals surface area contributed by atoms with Crippen molar-refractivity contribution in [2.75, 3.05) is 23.8 Å². The van der Waals surface area contributed by atoms with Gasteiger partial charge in [0.25, 0.3) is 11.8 Å². The molecule has 0 fully saturated rings. The number of carbonyl (C=O) groups excluding carboxylic acids is 2. The third-order valence-electron chi connectivity index (χ3n) is 4.44. The van der Waals surface area contributed by atoms with E-state index in [1.54, 1.807) is 49.4 Å². The number of nitriles is 1. The maximum absolute atomic E-state index is 12.5. The molecule has 0 saturated heterocycles. The highest BCUT2D eigenvalue weighted by Crippen LogP contribution is 2.37. The van der Waals surface area contributed by atoms with E-state index in [0.29, 0.717) is 23.5 Å². The molecule has 172 valence electrons. The van der Waals surface area contributed by atoms with Crippen molar-refractivity contribution >= 4 is 40.9 Å². The molecule has 0 atom stereocenters.